The summed E-state index contributed by atoms with van der Waals surface area (Å²) < 4.78 is 0. The maximum atomic E-state index is 13.8. The fraction of sp³-hybridized carbons (Fsp3) is 0.353. The van der Waals surface area contributed by atoms with Gasteiger partial charge in [-0.1, -0.05) is 85.8 Å². The van der Waals surface area contributed by atoms with Gasteiger partial charge in [-0.25, -0.2) is 0 Å². The topological polar surface area (TPSA) is 52.7 Å². The van der Waals surface area contributed by atoms with E-state index in [2.05, 4.69) is 43.1 Å². The van der Waals surface area contributed by atoms with Crippen molar-refractivity contribution in [3.05, 3.63) is 100.0 Å². The second-order valence-electron chi connectivity index (χ2n) is 11.4. The maximum absolute atomic E-state index is 13.8. The molecule has 3 aromatic rings. The summed E-state index contributed by atoms with van der Waals surface area (Å²) in [5.74, 6) is 1.33. The second kappa shape index (κ2) is 12.9. The molecule has 2 aliphatic rings. The third-order valence-corrected chi connectivity index (χ3v) is 8.67. The van der Waals surface area contributed by atoms with Crippen LogP contribution in [0.1, 0.15) is 53.7 Å². The second-order valence-corrected chi connectivity index (χ2v) is 12.5. The van der Waals surface area contributed by atoms with E-state index < -0.39 is 0 Å². The lowest BCUT2D eigenvalue weighted by molar-refractivity contribution is -0.114. The minimum absolute atomic E-state index is 0.0506. The van der Waals surface area contributed by atoms with Crippen LogP contribution in [-0.4, -0.2) is 42.9 Å². The van der Waals surface area contributed by atoms with Crippen LogP contribution >= 0.6 is 11.8 Å². The first-order valence-corrected chi connectivity index (χ1v) is 15.1. The molecule has 5 rings (SSSR count). The van der Waals surface area contributed by atoms with Gasteiger partial charge in [-0.2, -0.15) is 0 Å². The quantitative estimate of drug-likeness (QED) is 0.247. The van der Waals surface area contributed by atoms with Gasteiger partial charge >= 0.3 is 0 Å². The van der Waals surface area contributed by atoms with Gasteiger partial charge in [0.15, 0.2) is 0 Å². The van der Waals surface area contributed by atoms with Crippen molar-refractivity contribution in [1.29, 1.82) is 0 Å². The maximum Gasteiger partial charge on any atom is 0.265 e. The van der Waals surface area contributed by atoms with Crippen LogP contribution in [0.25, 0.3) is 6.08 Å². The standard InChI is InChI=1S/C34H39N3O2S/c1-24-9-7-12-28(18-24)23-37-30-20-29(33(38)35-15-8-16-36-21-25(2)17-26(3)22-36)13-14-31(30)40-32(34(37)39)19-27-10-5-4-6-11-27/h4-7,9-14,18-20,25-26H,8,15-17,21-23H2,1-3H3,(H,35,38)/b32-19-. The van der Waals surface area contributed by atoms with Crippen LogP contribution in [0, 0.1) is 18.8 Å². The van der Waals surface area contributed by atoms with E-state index in [4.69, 9.17) is 0 Å². The Balaban J connectivity index is 1.32. The van der Waals surface area contributed by atoms with E-state index in [0.29, 0.717) is 23.6 Å². The Morgan fingerprint density at radius 3 is 2.52 bits per heavy atom. The molecule has 0 aromatic heterocycles. The van der Waals surface area contributed by atoms with Crippen LogP contribution in [0.3, 0.4) is 0 Å². The van der Waals surface area contributed by atoms with Crippen molar-refractivity contribution in [1.82, 2.24) is 10.2 Å². The molecule has 2 unspecified atom stereocenters. The first kappa shape index (κ1) is 28.2. The Bertz CT molecular complexity index is 1380. The van der Waals surface area contributed by atoms with E-state index in [1.54, 1.807) is 0 Å². The van der Waals surface area contributed by atoms with Crippen LogP contribution in [0.5, 0.6) is 0 Å². The van der Waals surface area contributed by atoms with Gasteiger partial charge in [-0.05, 0) is 73.5 Å². The van der Waals surface area contributed by atoms with Crippen LogP contribution < -0.4 is 10.2 Å². The fourth-order valence-corrected chi connectivity index (χ4v) is 6.92. The molecular weight excluding hydrogens is 514 g/mol. The number of likely N-dealkylation sites (tertiary alicyclic amines) is 1. The molecule has 2 aliphatic heterocycles. The van der Waals surface area contributed by atoms with Crippen molar-refractivity contribution in [3.63, 3.8) is 0 Å². The number of fused-ring (bicyclic) bond motifs is 1. The molecule has 3 aromatic carbocycles. The highest BCUT2D eigenvalue weighted by atomic mass is 32.2. The van der Waals surface area contributed by atoms with E-state index in [1.807, 2.05) is 71.6 Å². The summed E-state index contributed by atoms with van der Waals surface area (Å²) in [6, 6.07) is 23.9. The molecule has 0 spiro atoms. The van der Waals surface area contributed by atoms with Crippen molar-refractivity contribution in [2.75, 3.05) is 31.1 Å². The van der Waals surface area contributed by atoms with Crippen LogP contribution in [-0.2, 0) is 11.3 Å². The molecule has 0 radical (unpaired) electrons. The van der Waals surface area contributed by atoms with Gasteiger partial charge in [-0.15, -0.1) is 0 Å². The SMILES string of the molecule is Cc1cccc(CN2C(=O)/C(=C/c3ccccc3)Sc3ccc(C(=O)NCCCN4CC(C)CC(C)C4)cc32)c1. The van der Waals surface area contributed by atoms with Gasteiger partial charge in [-0.3, -0.25) is 9.59 Å². The zero-order valence-corrected chi connectivity index (χ0v) is 24.5. The molecule has 1 N–H and O–H groups in total. The zero-order chi connectivity index (χ0) is 28.1. The monoisotopic (exact) mass is 553 g/mol. The number of piperidine rings is 1. The van der Waals surface area contributed by atoms with Gasteiger partial charge < -0.3 is 15.1 Å². The first-order chi connectivity index (χ1) is 19.4. The summed E-state index contributed by atoms with van der Waals surface area (Å²) in [5.41, 5.74) is 4.56. The molecule has 1 saturated heterocycles. The fourth-order valence-electron chi connectivity index (χ4n) is 5.88. The molecule has 2 heterocycles. The van der Waals surface area contributed by atoms with E-state index in [0.717, 1.165) is 65.2 Å². The minimum atomic E-state index is -0.0956. The van der Waals surface area contributed by atoms with E-state index >= 15 is 0 Å². The number of amides is 2. The average Bonchev–Trinajstić information content (AvgIpc) is 2.93. The molecule has 2 amide bonds. The molecule has 40 heavy (non-hydrogen) atoms. The summed E-state index contributed by atoms with van der Waals surface area (Å²) in [4.78, 5) is 32.9. The van der Waals surface area contributed by atoms with Crippen LogP contribution in [0.15, 0.2) is 82.6 Å². The smallest absolute Gasteiger partial charge is 0.265 e. The predicted molar refractivity (Wildman–Crippen MR) is 165 cm³/mol. The normalized spacial score (nSPS) is 20.4. The summed E-state index contributed by atoms with van der Waals surface area (Å²) in [5, 5.41) is 3.11. The number of nitrogens with one attached hydrogen (secondary N) is 1. The van der Waals surface area contributed by atoms with Crippen LogP contribution in [0.2, 0.25) is 0 Å². The van der Waals surface area contributed by atoms with Crippen LogP contribution in [0.4, 0.5) is 5.69 Å². The lowest BCUT2D eigenvalue weighted by atomic mass is 9.92. The van der Waals surface area contributed by atoms with Crippen molar-refractivity contribution < 1.29 is 9.59 Å². The predicted octanol–water partition coefficient (Wildman–Crippen LogP) is 6.77. The number of anilines is 1. The molecule has 1 fully saturated rings. The van der Waals surface area contributed by atoms with Gasteiger partial charge in [0.25, 0.3) is 11.8 Å². The molecule has 6 heteroatoms. The van der Waals surface area contributed by atoms with Gasteiger partial charge in [0, 0.05) is 30.1 Å². The van der Waals surface area contributed by atoms with E-state index in [-0.39, 0.29) is 11.8 Å². The largest absolute Gasteiger partial charge is 0.352 e. The number of carbonyl (C=O) groups is 2. The summed E-state index contributed by atoms with van der Waals surface area (Å²) in [6.45, 7) is 11.1. The minimum Gasteiger partial charge on any atom is -0.352 e. The van der Waals surface area contributed by atoms with Gasteiger partial charge in [0.2, 0.25) is 0 Å². The number of thioether (sulfide) groups is 1. The van der Waals surface area contributed by atoms with Crippen molar-refractivity contribution in [3.8, 4) is 0 Å². The highest BCUT2D eigenvalue weighted by molar-refractivity contribution is 8.04. The number of hydrogen-bond acceptors (Lipinski definition) is 4. The number of rotatable bonds is 8. The zero-order valence-electron chi connectivity index (χ0n) is 23.7. The molecule has 208 valence electrons. The van der Waals surface area contributed by atoms with Crippen molar-refractivity contribution in [2.45, 2.75) is 45.1 Å². The van der Waals surface area contributed by atoms with Crippen molar-refractivity contribution >= 4 is 35.3 Å². The molecule has 5 nitrogen and oxygen atoms in total. The molecule has 0 saturated carbocycles. The Kier molecular flexibility index (Phi) is 9.08. The summed E-state index contributed by atoms with van der Waals surface area (Å²) in [6.07, 6.45) is 4.18. The third-order valence-electron chi connectivity index (χ3n) is 7.59. The molecule has 2 atom stereocenters. The average molecular weight is 554 g/mol. The first-order valence-electron chi connectivity index (χ1n) is 14.3. The Labute approximate surface area is 242 Å². The Morgan fingerprint density at radius 1 is 1.00 bits per heavy atom. The molecular formula is C34H39N3O2S. The Morgan fingerprint density at radius 2 is 1.77 bits per heavy atom. The number of benzene rings is 3. The number of nitrogens with zero attached hydrogens (tertiary/aromatic N) is 2. The number of carbonyl (C=O) groups excluding carboxylic acids is 2. The summed E-state index contributed by atoms with van der Waals surface area (Å²) >= 11 is 1.47. The molecule has 0 bridgehead atoms. The highest BCUT2D eigenvalue weighted by Crippen LogP contribution is 2.43. The molecule has 0 aliphatic carbocycles. The number of aryl methyl sites for hydroxylation is 1. The van der Waals surface area contributed by atoms with E-state index in [9.17, 15) is 9.59 Å². The number of hydrogen-bond donors (Lipinski definition) is 1. The Hall–Kier alpha value is -3.35. The van der Waals surface area contributed by atoms with E-state index in [1.165, 1.54) is 18.2 Å². The van der Waals surface area contributed by atoms with Gasteiger partial charge in [0.1, 0.15) is 0 Å². The van der Waals surface area contributed by atoms with Crippen molar-refractivity contribution in [2.24, 2.45) is 11.8 Å². The van der Waals surface area contributed by atoms with Gasteiger partial charge in [0.05, 0.1) is 17.1 Å². The highest BCUT2D eigenvalue weighted by Gasteiger charge is 2.30. The third kappa shape index (κ3) is 7.04. The summed E-state index contributed by atoms with van der Waals surface area (Å²) in [7, 11) is 0. The lowest BCUT2D eigenvalue weighted by Crippen LogP contribution is -2.40. The lowest BCUT2D eigenvalue weighted by Gasteiger charge is -2.34.